The summed E-state index contributed by atoms with van der Waals surface area (Å²) in [7, 11) is -0.0753. The number of aromatic nitrogens is 2. The van der Waals surface area contributed by atoms with E-state index >= 15 is 0 Å². The van der Waals surface area contributed by atoms with Crippen LogP contribution in [0.2, 0.25) is 6.55 Å². The maximum Gasteiger partial charge on any atom is 0.330 e. The number of carbonyl (C=O) groups is 1. The van der Waals surface area contributed by atoms with Gasteiger partial charge < -0.3 is 18.4 Å². The van der Waals surface area contributed by atoms with E-state index in [4.69, 9.17) is 13.6 Å². The first kappa shape index (κ1) is 15.8. The highest BCUT2D eigenvalue weighted by molar-refractivity contribution is 6.42. The van der Waals surface area contributed by atoms with Gasteiger partial charge in [-0.3, -0.25) is 14.3 Å². The van der Waals surface area contributed by atoms with Crippen LogP contribution < -0.4 is 11.2 Å². The van der Waals surface area contributed by atoms with Crippen LogP contribution in [0.4, 0.5) is 0 Å². The molecule has 1 aromatic heterocycles. The molecule has 0 radical (unpaired) electrons. The lowest BCUT2D eigenvalue weighted by Gasteiger charge is -2.18. The molecule has 0 amide bonds. The number of H-pyrrole nitrogens is 1. The lowest BCUT2D eigenvalue weighted by molar-refractivity contribution is -0.115. The number of aldehydes is 1. The molecule has 0 spiro atoms. The molecule has 0 saturated carbocycles. The highest BCUT2D eigenvalue weighted by Crippen LogP contribution is 2.32. The standard InChI is InChI=1S/C12H18N2O6Si/c1-18-21(2)19-7-9-5-8(6-15)11(20-9)14-4-3-10(16)13-12(14)17/h3-4,6,8-9,11,21H,5,7H2,1-2H3,(H,13,16,17)/t8-,9-,11?,21?/m0/s1. The fourth-order valence-electron chi connectivity index (χ4n) is 2.21. The van der Waals surface area contributed by atoms with Crippen LogP contribution in [0.1, 0.15) is 12.6 Å². The number of rotatable bonds is 6. The molecule has 1 aliphatic heterocycles. The predicted octanol–water partition coefficient (Wildman–Crippen LogP) is -0.847. The lowest BCUT2D eigenvalue weighted by atomic mass is 10.1. The average molecular weight is 314 g/mol. The zero-order valence-electron chi connectivity index (χ0n) is 11.9. The van der Waals surface area contributed by atoms with Crippen LogP contribution in [0.3, 0.4) is 0 Å². The number of nitrogens with one attached hydrogen (secondary N) is 1. The van der Waals surface area contributed by atoms with Crippen molar-refractivity contribution in [3.05, 3.63) is 33.1 Å². The molecule has 9 heteroatoms. The molecule has 1 aliphatic rings. The SMILES string of the molecule is CO[SiH](C)OC[C@@H]1C[C@@H](C=O)C(n2ccc(=O)[nH]c2=O)O1. The zero-order chi connectivity index (χ0) is 15.4. The van der Waals surface area contributed by atoms with Crippen molar-refractivity contribution in [2.75, 3.05) is 13.7 Å². The molecule has 0 bridgehead atoms. The van der Waals surface area contributed by atoms with Crippen molar-refractivity contribution in [2.24, 2.45) is 5.92 Å². The Labute approximate surface area is 122 Å². The molecule has 21 heavy (non-hydrogen) atoms. The molecule has 2 heterocycles. The Morgan fingerprint density at radius 3 is 2.95 bits per heavy atom. The molecule has 0 aliphatic carbocycles. The van der Waals surface area contributed by atoms with Gasteiger partial charge in [-0.15, -0.1) is 0 Å². The first-order chi connectivity index (χ1) is 10.0. The van der Waals surface area contributed by atoms with Gasteiger partial charge >= 0.3 is 15.0 Å². The minimum Gasteiger partial charge on any atom is -0.400 e. The summed E-state index contributed by atoms with van der Waals surface area (Å²) in [6, 6.07) is 1.22. The minimum atomic E-state index is -1.66. The summed E-state index contributed by atoms with van der Waals surface area (Å²) in [6.07, 6.45) is 1.55. The van der Waals surface area contributed by atoms with Crippen molar-refractivity contribution in [1.29, 1.82) is 0 Å². The molecule has 2 rings (SSSR count). The number of aromatic amines is 1. The van der Waals surface area contributed by atoms with Crippen molar-refractivity contribution >= 4 is 15.6 Å². The number of nitrogens with zero attached hydrogens (tertiary/aromatic N) is 1. The van der Waals surface area contributed by atoms with Crippen LogP contribution in [-0.4, -0.2) is 44.9 Å². The number of ether oxygens (including phenoxy) is 1. The molecule has 1 N–H and O–H groups in total. The van der Waals surface area contributed by atoms with Gasteiger partial charge in [-0.25, -0.2) is 4.79 Å². The smallest absolute Gasteiger partial charge is 0.330 e. The van der Waals surface area contributed by atoms with Gasteiger partial charge in [-0.2, -0.15) is 0 Å². The van der Waals surface area contributed by atoms with Crippen molar-refractivity contribution in [2.45, 2.75) is 25.3 Å². The third-order valence-electron chi connectivity index (χ3n) is 3.38. The molecule has 116 valence electrons. The van der Waals surface area contributed by atoms with Gasteiger partial charge in [0.1, 0.15) is 12.5 Å². The summed E-state index contributed by atoms with van der Waals surface area (Å²) >= 11 is 0. The van der Waals surface area contributed by atoms with Gasteiger partial charge in [-0.05, 0) is 13.0 Å². The Bertz CT molecular complexity index is 600. The Morgan fingerprint density at radius 1 is 1.57 bits per heavy atom. The van der Waals surface area contributed by atoms with Crippen LogP contribution in [0.15, 0.2) is 21.9 Å². The normalized spacial score (nSPS) is 26.7. The molecular formula is C12H18N2O6Si. The third-order valence-corrected chi connectivity index (χ3v) is 4.71. The second-order valence-corrected chi connectivity index (χ2v) is 6.78. The second kappa shape index (κ2) is 6.94. The highest BCUT2D eigenvalue weighted by Gasteiger charge is 2.37. The first-order valence-corrected chi connectivity index (χ1v) is 8.71. The monoisotopic (exact) mass is 314 g/mol. The Hall–Kier alpha value is -1.55. The maximum absolute atomic E-state index is 11.8. The van der Waals surface area contributed by atoms with Crippen LogP contribution in [0.25, 0.3) is 0 Å². The van der Waals surface area contributed by atoms with E-state index in [0.717, 1.165) is 6.29 Å². The minimum absolute atomic E-state index is 0.283. The lowest BCUT2D eigenvalue weighted by Crippen LogP contribution is -2.34. The van der Waals surface area contributed by atoms with E-state index in [-0.39, 0.29) is 6.10 Å². The van der Waals surface area contributed by atoms with Gasteiger partial charge in [0.15, 0.2) is 0 Å². The van der Waals surface area contributed by atoms with Crippen molar-refractivity contribution in [1.82, 2.24) is 9.55 Å². The van der Waals surface area contributed by atoms with Gasteiger partial charge in [0.2, 0.25) is 0 Å². The Kier molecular flexibility index (Phi) is 5.23. The van der Waals surface area contributed by atoms with Crippen LogP contribution in [0.5, 0.6) is 0 Å². The van der Waals surface area contributed by atoms with Gasteiger partial charge in [-0.1, -0.05) is 0 Å². The van der Waals surface area contributed by atoms with E-state index in [2.05, 4.69) is 4.98 Å². The number of carbonyl (C=O) groups excluding carboxylic acids is 1. The summed E-state index contributed by atoms with van der Waals surface area (Å²) in [5, 5.41) is 0. The highest BCUT2D eigenvalue weighted by atomic mass is 28.3. The largest absolute Gasteiger partial charge is 0.400 e. The first-order valence-electron chi connectivity index (χ1n) is 6.61. The van der Waals surface area contributed by atoms with Crippen LogP contribution >= 0.6 is 0 Å². The number of hydrogen-bond acceptors (Lipinski definition) is 6. The number of hydrogen-bond donors (Lipinski definition) is 1. The summed E-state index contributed by atoms with van der Waals surface area (Å²) < 4.78 is 17.6. The molecule has 1 fully saturated rings. The Balaban J connectivity index is 2.10. The fraction of sp³-hybridized carbons (Fsp3) is 0.583. The molecule has 0 aromatic carbocycles. The van der Waals surface area contributed by atoms with Crippen LogP contribution in [0, 0.1) is 5.92 Å². The van der Waals surface area contributed by atoms with E-state index in [1.54, 1.807) is 7.11 Å². The summed E-state index contributed by atoms with van der Waals surface area (Å²) in [5.74, 6) is -0.457. The zero-order valence-corrected chi connectivity index (χ0v) is 13.0. The van der Waals surface area contributed by atoms with Gasteiger partial charge in [0, 0.05) is 19.4 Å². The fourth-order valence-corrected chi connectivity index (χ4v) is 2.84. The summed E-state index contributed by atoms with van der Waals surface area (Å²) in [4.78, 5) is 36.2. The van der Waals surface area contributed by atoms with E-state index in [1.807, 2.05) is 6.55 Å². The molecular weight excluding hydrogens is 296 g/mol. The third kappa shape index (κ3) is 3.76. The molecule has 8 nitrogen and oxygen atoms in total. The molecule has 4 atom stereocenters. The molecule has 2 unspecified atom stereocenters. The predicted molar refractivity (Wildman–Crippen MR) is 75.4 cm³/mol. The molecule has 1 saturated heterocycles. The van der Waals surface area contributed by atoms with E-state index in [9.17, 15) is 14.4 Å². The van der Waals surface area contributed by atoms with Gasteiger partial charge in [0.25, 0.3) is 5.56 Å². The van der Waals surface area contributed by atoms with E-state index in [1.165, 1.54) is 16.8 Å². The topological polar surface area (TPSA) is 99.6 Å². The summed E-state index contributed by atoms with van der Waals surface area (Å²) in [5.41, 5.74) is -1.09. The van der Waals surface area contributed by atoms with E-state index < -0.39 is 32.7 Å². The molecule has 1 aromatic rings. The van der Waals surface area contributed by atoms with Crippen molar-refractivity contribution in [3.8, 4) is 0 Å². The van der Waals surface area contributed by atoms with Gasteiger partial charge in [0.05, 0.1) is 18.6 Å². The maximum atomic E-state index is 11.8. The average Bonchev–Trinajstić information content (AvgIpc) is 2.87. The van der Waals surface area contributed by atoms with E-state index in [0.29, 0.717) is 13.0 Å². The van der Waals surface area contributed by atoms with Crippen LogP contribution in [-0.2, 0) is 18.4 Å². The second-order valence-electron chi connectivity index (χ2n) is 4.84. The quantitative estimate of drug-likeness (QED) is 0.542. The summed E-state index contributed by atoms with van der Waals surface area (Å²) in [6.45, 7) is 2.20. The Morgan fingerprint density at radius 2 is 2.33 bits per heavy atom. The van der Waals surface area contributed by atoms with Crippen molar-refractivity contribution in [3.63, 3.8) is 0 Å². The van der Waals surface area contributed by atoms with Crippen molar-refractivity contribution < 1.29 is 18.4 Å².